The van der Waals surface area contributed by atoms with E-state index in [0.717, 1.165) is 24.4 Å². The van der Waals surface area contributed by atoms with E-state index in [2.05, 4.69) is 12.2 Å². The van der Waals surface area contributed by atoms with Crippen LogP contribution < -0.4 is 5.32 Å². The van der Waals surface area contributed by atoms with Gasteiger partial charge in [0.15, 0.2) is 5.11 Å². The maximum Gasteiger partial charge on any atom is 0.341 e. The van der Waals surface area contributed by atoms with E-state index in [9.17, 15) is 4.79 Å². The van der Waals surface area contributed by atoms with Crippen LogP contribution in [0.4, 0.5) is 5.00 Å². The van der Waals surface area contributed by atoms with Crippen molar-refractivity contribution in [2.45, 2.75) is 46.0 Å². The Labute approximate surface area is 141 Å². The second-order valence-electron chi connectivity index (χ2n) is 5.60. The van der Waals surface area contributed by atoms with Gasteiger partial charge in [-0.1, -0.05) is 6.92 Å². The Kier molecular flexibility index (Phi) is 5.81. The van der Waals surface area contributed by atoms with Gasteiger partial charge in [-0.3, -0.25) is 0 Å². The molecule has 1 heterocycles. The summed E-state index contributed by atoms with van der Waals surface area (Å²) >= 11 is 7.06. The molecule has 122 valence electrons. The van der Waals surface area contributed by atoms with Crippen molar-refractivity contribution in [2.75, 3.05) is 25.5 Å². The molecule has 0 aromatic carbocycles. The van der Waals surface area contributed by atoms with Gasteiger partial charge < -0.3 is 15.0 Å². The molecule has 1 aliphatic rings. The molecular weight excluding hydrogens is 316 g/mol. The first-order valence-electron chi connectivity index (χ1n) is 7.84. The topological polar surface area (TPSA) is 41.6 Å². The molecule has 0 unspecified atom stereocenters. The second-order valence-corrected chi connectivity index (χ2v) is 7.09. The molecule has 0 radical (unpaired) electrons. The minimum Gasteiger partial charge on any atom is -0.462 e. The summed E-state index contributed by atoms with van der Waals surface area (Å²) in [5.74, 6) is 0.158. The standard InChI is InChI=1S/C16H24N2O2S2/c1-5-18(4)16(21)17-14-13(15(19)20-6-2)12-10(3)8-7-9-11(12)22-14/h10H,5-9H2,1-4H3,(H,17,21)/t10-/m0/s1. The first kappa shape index (κ1) is 17.2. The third-order valence-corrected chi connectivity index (χ3v) is 5.67. The fourth-order valence-corrected chi connectivity index (χ4v) is 4.39. The van der Waals surface area contributed by atoms with E-state index >= 15 is 0 Å². The number of hydrogen-bond donors (Lipinski definition) is 1. The van der Waals surface area contributed by atoms with Gasteiger partial charge in [0.2, 0.25) is 0 Å². The van der Waals surface area contributed by atoms with Crippen LogP contribution in [-0.2, 0) is 11.2 Å². The number of ether oxygens (including phenoxy) is 1. The van der Waals surface area contributed by atoms with Gasteiger partial charge in [0.1, 0.15) is 5.00 Å². The molecule has 22 heavy (non-hydrogen) atoms. The van der Waals surface area contributed by atoms with E-state index in [1.807, 2.05) is 25.8 Å². The van der Waals surface area contributed by atoms with Crippen molar-refractivity contribution in [1.82, 2.24) is 4.90 Å². The smallest absolute Gasteiger partial charge is 0.341 e. The van der Waals surface area contributed by atoms with Gasteiger partial charge in [-0.25, -0.2) is 4.79 Å². The van der Waals surface area contributed by atoms with Crippen molar-refractivity contribution in [3.05, 3.63) is 16.0 Å². The Balaban J connectivity index is 2.40. The van der Waals surface area contributed by atoms with Gasteiger partial charge in [-0.2, -0.15) is 0 Å². The number of hydrogen-bond acceptors (Lipinski definition) is 4. The Hall–Kier alpha value is -1.14. The first-order valence-corrected chi connectivity index (χ1v) is 9.06. The average Bonchev–Trinajstić information content (AvgIpc) is 2.86. The molecule has 1 atom stereocenters. The first-order chi connectivity index (χ1) is 10.5. The maximum atomic E-state index is 12.5. The van der Waals surface area contributed by atoms with E-state index in [1.54, 1.807) is 11.3 Å². The summed E-state index contributed by atoms with van der Waals surface area (Å²) in [7, 11) is 1.94. The predicted octanol–water partition coefficient (Wildman–Crippen LogP) is 4.01. The van der Waals surface area contributed by atoms with Crippen LogP contribution in [0.2, 0.25) is 0 Å². The van der Waals surface area contributed by atoms with Crippen LogP contribution in [-0.4, -0.2) is 36.2 Å². The molecular formula is C16H24N2O2S2. The third kappa shape index (κ3) is 3.43. The lowest BCUT2D eigenvalue weighted by Gasteiger charge is -2.20. The molecule has 6 heteroatoms. The van der Waals surface area contributed by atoms with Crippen molar-refractivity contribution >= 4 is 39.6 Å². The van der Waals surface area contributed by atoms with Crippen LogP contribution in [0.5, 0.6) is 0 Å². The molecule has 1 N–H and O–H groups in total. The number of esters is 1. The molecule has 0 spiro atoms. The SMILES string of the molecule is CCOC(=O)c1c(NC(=S)N(C)CC)sc2c1[C@@H](C)CCC2. The number of carbonyl (C=O) groups excluding carboxylic acids is 1. The normalized spacial score (nSPS) is 16.8. The maximum absolute atomic E-state index is 12.5. The highest BCUT2D eigenvalue weighted by molar-refractivity contribution is 7.80. The van der Waals surface area contributed by atoms with E-state index in [1.165, 1.54) is 16.9 Å². The van der Waals surface area contributed by atoms with E-state index in [-0.39, 0.29) is 5.97 Å². The quantitative estimate of drug-likeness (QED) is 0.662. The van der Waals surface area contributed by atoms with E-state index < -0.39 is 0 Å². The number of carbonyl (C=O) groups is 1. The summed E-state index contributed by atoms with van der Waals surface area (Å²) < 4.78 is 5.28. The molecule has 1 aromatic rings. The average molecular weight is 341 g/mol. The van der Waals surface area contributed by atoms with Crippen molar-refractivity contribution < 1.29 is 9.53 Å². The molecule has 0 aliphatic heterocycles. The predicted molar refractivity (Wildman–Crippen MR) is 96.2 cm³/mol. The molecule has 0 saturated heterocycles. The fraction of sp³-hybridized carbons (Fsp3) is 0.625. The van der Waals surface area contributed by atoms with E-state index in [4.69, 9.17) is 17.0 Å². The summed E-state index contributed by atoms with van der Waals surface area (Å²) in [4.78, 5) is 15.7. The van der Waals surface area contributed by atoms with Crippen molar-refractivity contribution in [2.24, 2.45) is 0 Å². The number of thiocarbonyl (C=S) groups is 1. The number of aryl methyl sites for hydroxylation is 1. The van der Waals surface area contributed by atoms with Crippen LogP contribution in [0, 0.1) is 0 Å². The summed E-state index contributed by atoms with van der Waals surface area (Å²) in [6.07, 6.45) is 3.33. The van der Waals surface area contributed by atoms with Gasteiger partial charge in [0.05, 0.1) is 12.2 Å². The van der Waals surface area contributed by atoms with Crippen LogP contribution in [0.1, 0.15) is 60.3 Å². The van der Waals surface area contributed by atoms with Gasteiger partial charge in [-0.05, 0) is 56.8 Å². The zero-order chi connectivity index (χ0) is 16.3. The zero-order valence-electron chi connectivity index (χ0n) is 13.7. The number of thiophene rings is 1. The number of rotatable bonds is 4. The Bertz CT molecular complexity index is 569. The van der Waals surface area contributed by atoms with Crippen LogP contribution >= 0.6 is 23.6 Å². The molecule has 0 fully saturated rings. The Morgan fingerprint density at radius 1 is 1.50 bits per heavy atom. The molecule has 2 rings (SSSR count). The second kappa shape index (κ2) is 7.42. The van der Waals surface area contributed by atoms with Gasteiger partial charge in [0.25, 0.3) is 0 Å². The molecule has 0 saturated carbocycles. The van der Waals surface area contributed by atoms with E-state index in [0.29, 0.717) is 23.2 Å². The fourth-order valence-electron chi connectivity index (χ4n) is 2.74. The summed E-state index contributed by atoms with van der Waals surface area (Å²) in [6, 6.07) is 0. The minimum atomic E-state index is -0.238. The third-order valence-electron chi connectivity index (χ3n) is 4.08. The van der Waals surface area contributed by atoms with Crippen LogP contribution in [0.15, 0.2) is 0 Å². The lowest BCUT2D eigenvalue weighted by atomic mass is 9.86. The zero-order valence-corrected chi connectivity index (χ0v) is 15.3. The number of fused-ring (bicyclic) bond motifs is 1. The summed E-state index contributed by atoms with van der Waals surface area (Å²) in [5, 5.41) is 4.73. The van der Waals surface area contributed by atoms with Crippen molar-refractivity contribution in [3.8, 4) is 0 Å². The van der Waals surface area contributed by atoms with Crippen LogP contribution in [0.25, 0.3) is 0 Å². The largest absolute Gasteiger partial charge is 0.462 e. The highest BCUT2D eigenvalue weighted by atomic mass is 32.1. The minimum absolute atomic E-state index is 0.238. The molecule has 1 aromatic heterocycles. The summed E-state index contributed by atoms with van der Waals surface area (Å²) in [5.41, 5.74) is 1.86. The number of nitrogens with one attached hydrogen (secondary N) is 1. The highest BCUT2D eigenvalue weighted by Gasteiger charge is 2.30. The number of nitrogens with zero attached hydrogens (tertiary/aromatic N) is 1. The molecule has 1 aliphatic carbocycles. The number of anilines is 1. The Morgan fingerprint density at radius 2 is 2.23 bits per heavy atom. The van der Waals surface area contributed by atoms with Crippen molar-refractivity contribution in [1.29, 1.82) is 0 Å². The monoisotopic (exact) mass is 340 g/mol. The Morgan fingerprint density at radius 3 is 2.86 bits per heavy atom. The lowest BCUT2D eigenvalue weighted by Crippen LogP contribution is -2.31. The molecule has 0 bridgehead atoms. The van der Waals surface area contributed by atoms with Gasteiger partial charge in [-0.15, -0.1) is 11.3 Å². The van der Waals surface area contributed by atoms with Gasteiger partial charge in [0, 0.05) is 18.5 Å². The van der Waals surface area contributed by atoms with Crippen LogP contribution in [0.3, 0.4) is 0 Å². The van der Waals surface area contributed by atoms with Gasteiger partial charge >= 0.3 is 5.97 Å². The summed E-state index contributed by atoms with van der Waals surface area (Å²) in [6.45, 7) is 7.27. The lowest BCUT2D eigenvalue weighted by molar-refractivity contribution is 0.0526. The molecule has 4 nitrogen and oxygen atoms in total. The van der Waals surface area contributed by atoms with Crippen molar-refractivity contribution in [3.63, 3.8) is 0 Å². The molecule has 0 amide bonds. The highest BCUT2D eigenvalue weighted by Crippen LogP contribution is 2.43.